The van der Waals surface area contributed by atoms with E-state index >= 15 is 8.78 Å². The molecule has 2 heterocycles. The molecule has 12 heteroatoms. The van der Waals surface area contributed by atoms with Crippen molar-refractivity contribution in [1.82, 2.24) is 5.32 Å². The van der Waals surface area contributed by atoms with E-state index in [1.807, 2.05) is 18.2 Å². The molecular weight excluding hydrogens is 646 g/mol. The third kappa shape index (κ3) is 7.38. The van der Waals surface area contributed by atoms with Crippen LogP contribution >= 0.6 is 11.6 Å². The molecule has 0 aromatic heterocycles. The average Bonchev–Trinajstić information content (AvgIpc) is 3.31. The first-order chi connectivity index (χ1) is 22.7. The maximum Gasteiger partial charge on any atom is 0.407 e. The number of rotatable bonds is 10. The highest BCUT2D eigenvalue weighted by molar-refractivity contribution is 6.34. The Morgan fingerprint density at radius 1 is 1.12 bits per heavy atom. The van der Waals surface area contributed by atoms with E-state index in [-0.39, 0.29) is 47.6 Å². The molecule has 0 bridgehead atoms. The Morgan fingerprint density at radius 2 is 1.85 bits per heavy atom. The molecular formula is C36H41ClF2N2O7. The molecule has 1 fully saturated rings. The Morgan fingerprint density at radius 3 is 2.50 bits per heavy atom. The van der Waals surface area contributed by atoms with Crippen LogP contribution in [-0.4, -0.2) is 49.8 Å². The fourth-order valence-corrected chi connectivity index (χ4v) is 6.42. The monoisotopic (exact) mass is 686 g/mol. The van der Waals surface area contributed by atoms with E-state index in [1.54, 1.807) is 46.8 Å². The summed E-state index contributed by atoms with van der Waals surface area (Å²) in [4.78, 5) is 25.5. The van der Waals surface area contributed by atoms with Gasteiger partial charge in [-0.2, -0.15) is 0 Å². The largest absolute Gasteiger partial charge is 0.488 e. The number of amides is 2. The molecule has 3 aromatic carbocycles. The normalized spacial score (nSPS) is 21.2. The molecule has 3 aromatic rings. The lowest BCUT2D eigenvalue weighted by Crippen LogP contribution is -2.47. The minimum Gasteiger partial charge on any atom is -0.488 e. The summed E-state index contributed by atoms with van der Waals surface area (Å²) in [6.07, 6.45) is 1.18. The Hall–Kier alpha value is -3.93. The first-order valence-electron chi connectivity index (χ1n) is 16.0. The van der Waals surface area contributed by atoms with Crippen molar-refractivity contribution in [3.8, 4) is 22.6 Å². The minimum absolute atomic E-state index is 0.0336. The summed E-state index contributed by atoms with van der Waals surface area (Å²) in [5.74, 6) is -3.65. The van der Waals surface area contributed by atoms with Gasteiger partial charge in [-0.25, -0.2) is 13.6 Å². The van der Waals surface area contributed by atoms with E-state index in [1.165, 1.54) is 12.1 Å². The summed E-state index contributed by atoms with van der Waals surface area (Å²) in [5, 5.41) is 2.35. The predicted molar refractivity (Wildman–Crippen MR) is 176 cm³/mol. The summed E-state index contributed by atoms with van der Waals surface area (Å²) in [6.45, 7) is 9.26. The van der Waals surface area contributed by atoms with Gasteiger partial charge in [0.1, 0.15) is 23.8 Å². The molecule has 258 valence electrons. The Balaban J connectivity index is 1.56. The van der Waals surface area contributed by atoms with Crippen molar-refractivity contribution in [2.75, 3.05) is 19.8 Å². The van der Waals surface area contributed by atoms with Gasteiger partial charge in [0.2, 0.25) is 5.91 Å². The van der Waals surface area contributed by atoms with Crippen molar-refractivity contribution in [2.24, 2.45) is 5.73 Å². The van der Waals surface area contributed by atoms with Gasteiger partial charge >= 0.3 is 6.09 Å². The lowest BCUT2D eigenvalue weighted by atomic mass is 9.77. The Kier molecular flexibility index (Phi) is 10.5. The number of halogens is 3. The zero-order valence-electron chi connectivity index (χ0n) is 27.7. The van der Waals surface area contributed by atoms with Gasteiger partial charge < -0.3 is 34.7 Å². The van der Waals surface area contributed by atoms with Crippen LogP contribution in [0.2, 0.25) is 5.02 Å². The van der Waals surface area contributed by atoms with E-state index < -0.39 is 51.9 Å². The standard InChI is InChI=1S/C36H41ClF2N2O7/c1-20(46-27-13-9-10-16-44-27)18-45-25-15-14-23(33(40)42)29(32(25)39)30-28-21(2)36(22-11-7-6-8-12-22,19-41-34(43)48-35(3,4)5)47-26(28)17-24(38)31(30)37/h6-8,11-12,14-15,17,20-21,27H,9-10,13,16,18-19H2,1-5H3,(H2,40,42)(H,41,43)/t20-,21?,27-,36?/m0/s1. The summed E-state index contributed by atoms with van der Waals surface area (Å²) in [7, 11) is 0. The summed E-state index contributed by atoms with van der Waals surface area (Å²) >= 11 is 6.64. The molecule has 2 aliphatic heterocycles. The van der Waals surface area contributed by atoms with Crippen LogP contribution < -0.4 is 20.5 Å². The third-order valence-corrected chi connectivity index (χ3v) is 8.79. The minimum atomic E-state index is -1.31. The molecule has 5 rings (SSSR count). The molecule has 0 saturated carbocycles. The molecule has 3 N–H and O–H groups in total. The number of ether oxygens (including phenoxy) is 5. The van der Waals surface area contributed by atoms with E-state index in [0.717, 1.165) is 25.3 Å². The highest BCUT2D eigenvalue weighted by atomic mass is 35.5. The van der Waals surface area contributed by atoms with Crippen LogP contribution in [-0.2, 0) is 19.8 Å². The maximum absolute atomic E-state index is 16.6. The fourth-order valence-electron chi connectivity index (χ4n) is 6.17. The molecule has 9 nitrogen and oxygen atoms in total. The first-order valence-corrected chi connectivity index (χ1v) is 16.4. The number of hydrogen-bond donors (Lipinski definition) is 2. The zero-order chi connectivity index (χ0) is 34.8. The van der Waals surface area contributed by atoms with Crippen molar-refractivity contribution in [2.45, 2.75) is 83.4 Å². The van der Waals surface area contributed by atoms with Gasteiger partial charge in [0.05, 0.1) is 23.2 Å². The number of hydrogen-bond acceptors (Lipinski definition) is 7. The SMILES string of the molecule is CC1c2c(cc(F)c(Cl)c2-c2c(C(N)=O)ccc(OC[C@H](C)O[C@H]3CCCCO3)c2F)OC1(CNC(=O)OC(C)(C)C)c1ccccc1. The molecule has 1 saturated heterocycles. The van der Waals surface area contributed by atoms with Crippen molar-refractivity contribution in [1.29, 1.82) is 0 Å². The van der Waals surface area contributed by atoms with Crippen LogP contribution in [0.25, 0.3) is 11.1 Å². The van der Waals surface area contributed by atoms with E-state index in [4.69, 9.17) is 41.0 Å². The predicted octanol–water partition coefficient (Wildman–Crippen LogP) is 7.61. The molecule has 0 spiro atoms. The highest BCUT2D eigenvalue weighted by Crippen LogP contribution is 2.56. The maximum atomic E-state index is 16.6. The van der Waals surface area contributed by atoms with E-state index in [2.05, 4.69) is 5.32 Å². The van der Waals surface area contributed by atoms with Gasteiger partial charge in [0.15, 0.2) is 23.5 Å². The van der Waals surface area contributed by atoms with Gasteiger partial charge in [0.25, 0.3) is 0 Å². The molecule has 48 heavy (non-hydrogen) atoms. The number of nitrogens with two attached hydrogens (primary N) is 1. The van der Waals surface area contributed by atoms with Crippen LogP contribution in [0.1, 0.15) is 81.3 Å². The second-order valence-corrected chi connectivity index (χ2v) is 13.5. The number of benzene rings is 3. The van der Waals surface area contributed by atoms with Crippen LogP contribution in [0.5, 0.6) is 11.5 Å². The van der Waals surface area contributed by atoms with Crippen LogP contribution in [0, 0.1) is 11.6 Å². The topological polar surface area (TPSA) is 118 Å². The van der Waals surface area contributed by atoms with Crippen molar-refractivity contribution >= 4 is 23.6 Å². The average molecular weight is 687 g/mol. The van der Waals surface area contributed by atoms with Crippen LogP contribution in [0.15, 0.2) is 48.5 Å². The number of alkyl carbamates (subject to hydrolysis) is 1. The number of primary amides is 1. The first kappa shape index (κ1) is 35.4. The Labute approximate surface area is 284 Å². The number of carbonyl (C=O) groups is 2. The fraction of sp³-hybridized carbons (Fsp3) is 0.444. The van der Waals surface area contributed by atoms with Crippen molar-refractivity contribution < 1.29 is 42.1 Å². The van der Waals surface area contributed by atoms with E-state index in [0.29, 0.717) is 17.7 Å². The van der Waals surface area contributed by atoms with Crippen molar-refractivity contribution in [3.63, 3.8) is 0 Å². The van der Waals surface area contributed by atoms with E-state index in [9.17, 15) is 9.59 Å². The van der Waals surface area contributed by atoms with Crippen LogP contribution in [0.4, 0.5) is 13.6 Å². The van der Waals surface area contributed by atoms with Gasteiger partial charge in [-0.05, 0) is 64.7 Å². The molecule has 0 radical (unpaired) electrons. The molecule has 2 unspecified atom stereocenters. The lowest BCUT2D eigenvalue weighted by molar-refractivity contribution is -0.189. The summed E-state index contributed by atoms with van der Waals surface area (Å²) < 4.78 is 61.6. The van der Waals surface area contributed by atoms with Gasteiger partial charge in [0, 0.05) is 35.3 Å². The molecule has 2 amide bonds. The highest BCUT2D eigenvalue weighted by Gasteiger charge is 2.50. The lowest BCUT2D eigenvalue weighted by Gasteiger charge is -2.34. The van der Waals surface area contributed by atoms with Gasteiger partial charge in [-0.15, -0.1) is 0 Å². The smallest absolute Gasteiger partial charge is 0.407 e. The number of carbonyl (C=O) groups excluding carboxylic acids is 2. The summed E-state index contributed by atoms with van der Waals surface area (Å²) in [6, 6.07) is 12.8. The molecule has 4 atom stereocenters. The summed E-state index contributed by atoms with van der Waals surface area (Å²) in [5.41, 5.74) is 3.97. The number of fused-ring (bicyclic) bond motifs is 1. The van der Waals surface area contributed by atoms with Gasteiger partial charge in [-0.3, -0.25) is 4.79 Å². The number of nitrogens with one attached hydrogen (secondary N) is 1. The zero-order valence-corrected chi connectivity index (χ0v) is 28.4. The van der Waals surface area contributed by atoms with Crippen molar-refractivity contribution in [3.05, 3.63) is 81.9 Å². The second kappa shape index (κ2) is 14.3. The van der Waals surface area contributed by atoms with Gasteiger partial charge in [-0.1, -0.05) is 48.9 Å². The molecule has 0 aliphatic carbocycles. The third-order valence-electron chi connectivity index (χ3n) is 8.42. The van der Waals surface area contributed by atoms with Crippen LogP contribution in [0.3, 0.4) is 0 Å². The molecule has 2 aliphatic rings. The second-order valence-electron chi connectivity index (χ2n) is 13.1. The quantitative estimate of drug-likeness (QED) is 0.225. The Bertz CT molecular complexity index is 1660.